The predicted molar refractivity (Wildman–Crippen MR) is 62.6 cm³/mol. The number of rotatable bonds is 2. The Morgan fingerprint density at radius 2 is 2.00 bits per heavy atom. The van der Waals surface area contributed by atoms with Gasteiger partial charge in [0.15, 0.2) is 0 Å². The Balaban J connectivity index is 2.36. The van der Waals surface area contributed by atoms with Crippen LogP contribution in [-0.4, -0.2) is 40.5 Å². The molecule has 0 aromatic carbocycles. The lowest BCUT2D eigenvalue weighted by Gasteiger charge is -2.19. The lowest BCUT2D eigenvalue weighted by atomic mass is 10.1. The smallest absolute Gasteiger partial charge is 0.331 e. The van der Waals surface area contributed by atoms with Crippen molar-refractivity contribution in [1.82, 2.24) is 14.9 Å². The lowest BCUT2D eigenvalue weighted by Crippen LogP contribution is -2.36. The first kappa shape index (κ1) is 13.3. The topological polar surface area (TPSA) is 46.1 Å². The number of hydrogen-bond acceptors (Lipinski definition) is 3. The summed E-state index contributed by atoms with van der Waals surface area (Å²) in [4.78, 5) is 20.3. The molecule has 2 aromatic heterocycles. The summed E-state index contributed by atoms with van der Waals surface area (Å²) in [6, 6.07) is 3.33. The van der Waals surface area contributed by atoms with Gasteiger partial charge in [-0.1, -0.05) is 0 Å². The molecule has 0 bridgehead atoms. The third-order valence-corrected chi connectivity index (χ3v) is 2.53. The number of hydrogen-bond donors (Lipinski definition) is 0. The number of aromatic nitrogens is 2. The number of alkyl halides is 3. The third-order valence-electron chi connectivity index (χ3n) is 2.53. The number of amides is 1. The SMILES string of the molecule is CN(CC(F)(F)F)C(=O)c1nccc2ccncc12. The van der Waals surface area contributed by atoms with Gasteiger partial charge >= 0.3 is 6.18 Å². The van der Waals surface area contributed by atoms with Gasteiger partial charge in [-0.25, -0.2) is 0 Å². The zero-order chi connectivity index (χ0) is 14.0. The normalized spacial score (nSPS) is 11.6. The molecule has 0 radical (unpaired) electrons. The number of nitrogens with zero attached hydrogens (tertiary/aromatic N) is 3. The molecule has 0 atom stereocenters. The van der Waals surface area contributed by atoms with Gasteiger partial charge in [-0.3, -0.25) is 14.8 Å². The van der Waals surface area contributed by atoms with Crippen molar-refractivity contribution in [3.8, 4) is 0 Å². The van der Waals surface area contributed by atoms with Crippen LogP contribution in [0.2, 0.25) is 0 Å². The number of fused-ring (bicyclic) bond motifs is 1. The molecule has 0 aliphatic rings. The second-order valence-corrected chi connectivity index (χ2v) is 4.03. The first-order valence-electron chi connectivity index (χ1n) is 5.39. The third kappa shape index (κ3) is 2.98. The summed E-state index contributed by atoms with van der Waals surface area (Å²) in [5, 5.41) is 1.14. The van der Waals surface area contributed by atoms with E-state index in [1.54, 1.807) is 12.1 Å². The van der Waals surface area contributed by atoms with E-state index in [0.717, 1.165) is 7.05 Å². The van der Waals surface area contributed by atoms with Gasteiger partial charge in [-0.05, 0) is 17.5 Å². The number of halogens is 3. The van der Waals surface area contributed by atoms with E-state index < -0.39 is 18.6 Å². The van der Waals surface area contributed by atoms with Crippen LogP contribution in [0.3, 0.4) is 0 Å². The maximum Gasteiger partial charge on any atom is 0.406 e. The van der Waals surface area contributed by atoms with E-state index in [1.807, 2.05) is 0 Å². The zero-order valence-electron chi connectivity index (χ0n) is 9.98. The van der Waals surface area contributed by atoms with Crippen LogP contribution in [0, 0.1) is 0 Å². The number of carbonyl (C=O) groups is 1. The van der Waals surface area contributed by atoms with Crippen LogP contribution in [0.25, 0.3) is 10.8 Å². The van der Waals surface area contributed by atoms with E-state index in [4.69, 9.17) is 0 Å². The van der Waals surface area contributed by atoms with Crippen LogP contribution in [0.15, 0.2) is 30.7 Å². The maximum atomic E-state index is 12.3. The molecule has 0 N–H and O–H groups in total. The van der Waals surface area contributed by atoms with Crippen LogP contribution < -0.4 is 0 Å². The molecule has 0 aliphatic heterocycles. The minimum absolute atomic E-state index is 0.0302. The van der Waals surface area contributed by atoms with Crippen LogP contribution in [0.4, 0.5) is 13.2 Å². The van der Waals surface area contributed by atoms with E-state index >= 15 is 0 Å². The van der Waals surface area contributed by atoms with E-state index in [1.165, 1.54) is 18.6 Å². The molecule has 0 aliphatic carbocycles. The minimum atomic E-state index is -4.44. The second kappa shape index (κ2) is 4.83. The Morgan fingerprint density at radius 1 is 1.32 bits per heavy atom. The van der Waals surface area contributed by atoms with Gasteiger partial charge in [0.1, 0.15) is 12.2 Å². The van der Waals surface area contributed by atoms with Gasteiger partial charge in [-0.15, -0.1) is 0 Å². The molecular formula is C12H10F3N3O. The Hall–Kier alpha value is -2.18. The van der Waals surface area contributed by atoms with Gasteiger partial charge < -0.3 is 4.90 Å². The Labute approximate surface area is 106 Å². The second-order valence-electron chi connectivity index (χ2n) is 4.03. The van der Waals surface area contributed by atoms with Gasteiger partial charge in [0.05, 0.1) is 0 Å². The van der Waals surface area contributed by atoms with Crippen LogP contribution in [0.5, 0.6) is 0 Å². The van der Waals surface area contributed by atoms with E-state index in [9.17, 15) is 18.0 Å². The van der Waals surface area contributed by atoms with Crippen molar-refractivity contribution in [3.05, 3.63) is 36.4 Å². The molecule has 0 fully saturated rings. The van der Waals surface area contributed by atoms with Crippen molar-refractivity contribution in [2.45, 2.75) is 6.18 Å². The molecule has 7 heteroatoms. The molecule has 2 heterocycles. The molecule has 19 heavy (non-hydrogen) atoms. The molecule has 100 valence electrons. The fraction of sp³-hybridized carbons (Fsp3) is 0.250. The largest absolute Gasteiger partial charge is 0.406 e. The Morgan fingerprint density at radius 3 is 2.68 bits per heavy atom. The average molecular weight is 269 g/mol. The van der Waals surface area contributed by atoms with Crippen molar-refractivity contribution in [3.63, 3.8) is 0 Å². The van der Waals surface area contributed by atoms with Crippen molar-refractivity contribution in [1.29, 1.82) is 0 Å². The standard InChI is InChI=1S/C12H10F3N3O/c1-18(7-12(13,14)15)11(19)10-9-6-16-4-2-8(9)3-5-17-10/h2-6H,7H2,1H3. The van der Waals surface area contributed by atoms with Gasteiger partial charge in [-0.2, -0.15) is 13.2 Å². The summed E-state index contributed by atoms with van der Waals surface area (Å²) in [5.41, 5.74) is -0.0302. The first-order chi connectivity index (χ1) is 8.88. The van der Waals surface area contributed by atoms with Crippen LogP contribution in [0.1, 0.15) is 10.5 Å². The molecule has 4 nitrogen and oxygen atoms in total. The summed E-state index contributed by atoms with van der Waals surface area (Å²) >= 11 is 0. The zero-order valence-corrected chi connectivity index (χ0v) is 9.98. The Kier molecular flexibility index (Phi) is 3.37. The molecule has 0 saturated carbocycles. The summed E-state index contributed by atoms with van der Waals surface area (Å²) in [7, 11) is 1.09. The average Bonchev–Trinajstić information content (AvgIpc) is 2.35. The molecule has 0 unspecified atom stereocenters. The predicted octanol–water partition coefficient (Wildman–Crippen LogP) is 2.26. The fourth-order valence-corrected chi connectivity index (χ4v) is 1.70. The quantitative estimate of drug-likeness (QED) is 0.840. The minimum Gasteiger partial charge on any atom is -0.331 e. The Bertz CT molecular complexity index is 607. The van der Waals surface area contributed by atoms with Crippen molar-refractivity contribution in [2.24, 2.45) is 0 Å². The van der Waals surface area contributed by atoms with Gasteiger partial charge in [0.2, 0.25) is 0 Å². The monoisotopic (exact) mass is 269 g/mol. The molecule has 2 aromatic rings. The lowest BCUT2D eigenvalue weighted by molar-refractivity contribution is -0.138. The van der Waals surface area contributed by atoms with Gasteiger partial charge in [0.25, 0.3) is 5.91 Å². The summed E-state index contributed by atoms with van der Waals surface area (Å²) in [5.74, 6) is -0.782. The highest BCUT2D eigenvalue weighted by molar-refractivity contribution is 6.04. The summed E-state index contributed by atoms with van der Waals surface area (Å²) < 4.78 is 36.8. The van der Waals surface area contributed by atoms with Crippen LogP contribution >= 0.6 is 0 Å². The summed E-state index contributed by atoms with van der Waals surface area (Å²) in [6.45, 7) is -1.32. The molecular weight excluding hydrogens is 259 g/mol. The highest BCUT2D eigenvalue weighted by Crippen LogP contribution is 2.19. The molecule has 2 rings (SSSR count). The molecule has 0 saturated heterocycles. The van der Waals surface area contributed by atoms with Crippen molar-refractivity contribution < 1.29 is 18.0 Å². The van der Waals surface area contributed by atoms with E-state index in [2.05, 4.69) is 9.97 Å². The summed E-state index contributed by atoms with van der Waals surface area (Å²) in [6.07, 6.45) is -0.0999. The number of carbonyl (C=O) groups excluding carboxylic acids is 1. The van der Waals surface area contributed by atoms with E-state index in [-0.39, 0.29) is 5.69 Å². The first-order valence-corrected chi connectivity index (χ1v) is 5.39. The van der Waals surface area contributed by atoms with Crippen LogP contribution in [-0.2, 0) is 0 Å². The van der Waals surface area contributed by atoms with Crippen molar-refractivity contribution >= 4 is 16.7 Å². The highest BCUT2D eigenvalue weighted by Gasteiger charge is 2.32. The molecule has 1 amide bonds. The van der Waals surface area contributed by atoms with Crippen molar-refractivity contribution in [2.75, 3.05) is 13.6 Å². The fourth-order valence-electron chi connectivity index (χ4n) is 1.70. The highest BCUT2D eigenvalue weighted by atomic mass is 19.4. The molecule has 0 spiro atoms. The van der Waals surface area contributed by atoms with Gasteiger partial charge in [0, 0.05) is 31.0 Å². The van der Waals surface area contributed by atoms with E-state index in [0.29, 0.717) is 15.7 Å². The maximum absolute atomic E-state index is 12.3. The number of pyridine rings is 2.